The zero-order valence-corrected chi connectivity index (χ0v) is 14.7. The van der Waals surface area contributed by atoms with Crippen LogP contribution in [0.3, 0.4) is 0 Å². The number of ether oxygens (including phenoxy) is 1. The summed E-state index contributed by atoms with van der Waals surface area (Å²) in [7, 11) is 2.13. The van der Waals surface area contributed by atoms with Gasteiger partial charge in [0.15, 0.2) is 5.65 Å². The maximum absolute atomic E-state index is 6.00. The van der Waals surface area contributed by atoms with Crippen molar-refractivity contribution in [3.05, 3.63) is 42.2 Å². The first-order valence-corrected chi connectivity index (χ1v) is 8.71. The number of fused-ring (bicyclic) bond motifs is 4. The molecule has 6 heteroatoms. The van der Waals surface area contributed by atoms with E-state index >= 15 is 0 Å². The van der Waals surface area contributed by atoms with Crippen molar-refractivity contribution in [3.8, 4) is 16.9 Å². The lowest BCUT2D eigenvalue weighted by atomic mass is 10.1. The summed E-state index contributed by atoms with van der Waals surface area (Å²) in [5.74, 6) is 1.78. The van der Waals surface area contributed by atoms with Gasteiger partial charge in [-0.2, -0.15) is 5.10 Å². The summed E-state index contributed by atoms with van der Waals surface area (Å²) in [6, 6.07) is 8.27. The largest absolute Gasteiger partial charge is 0.492 e. The Balaban J connectivity index is 1.79. The summed E-state index contributed by atoms with van der Waals surface area (Å²) >= 11 is 0. The molecular formula is C19H23N5O. The molecule has 0 spiro atoms. The normalized spacial score (nSPS) is 16.1. The molecule has 0 aliphatic carbocycles. The van der Waals surface area contributed by atoms with E-state index in [-0.39, 0.29) is 0 Å². The van der Waals surface area contributed by atoms with Gasteiger partial charge in [0.25, 0.3) is 0 Å². The Kier molecular flexibility index (Phi) is 4.28. The lowest BCUT2D eigenvalue weighted by molar-refractivity contribution is 0.237. The van der Waals surface area contributed by atoms with Gasteiger partial charge in [-0.3, -0.25) is 0 Å². The minimum Gasteiger partial charge on any atom is -0.492 e. The van der Waals surface area contributed by atoms with E-state index < -0.39 is 0 Å². The van der Waals surface area contributed by atoms with E-state index in [0.29, 0.717) is 6.61 Å². The van der Waals surface area contributed by atoms with Crippen LogP contribution in [-0.4, -0.2) is 52.8 Å². The van der Waals surface area contributed by atoms with Crippen LogP contribution in [0.1, 0.15) is 12.0 Å². The van der Waals surface area contributed by atoms with E-state index in [0.717, 1.165) is 54.4 Å². The average molecular weight is 337 g/mol. The van der Waals surface area contributed by atoms with Gasteiger partial charge in [0, 0.05) is 24.8 Å². The van der Waals surface area contributed by atoms with E-state index in [1.54, 1.807) is 0 Å². The summed E-state index contributed by atoms with van der Waals surface area (Å²) in [5.41, 5.74) is 4.12. The molecule has 25 heavy (non-hydrogen) atoms. The van der Waals surface area contributed by atoms with E-state index in [1.165, 1.54) is 5.56 Å². The molecule has 4 rings (SSSR count). The Bertz CT molecular complexity index is 889. The van der Waals surface area contributed by atoms with E-state index in [2.05, 4.69) is 47.5 Å². The highest BCUT2D eigenvalue weighted by Gasteiger charge is 2.12. The Morgan fingerprint density at radius 1 is 1.20 bits per heavy atom. The third-order valence-electron chi connectivity index (χ3n) is 4.50. The molecular weight excluding hydrogens is 314 g/mol. The second-order valence-corrected chi connectivity index (χ2v) is 6.61. The Morgan fingerprint density at radius 2 is 2.12 bits per heavy atom. The highest BCUT2D eigenvalue weighted by molar-refractivity contribution is 5.78. The SMILES string of the molecule is Cc1cc2cc(c1)-c1cnn3ccc(nc13)NCCCN(C)CCO2. The second kappa shape index (κ2) is 6.72. The topological polar surface area (TPSA) is 54.7 Å². The van der Waals surface area contributed by atoms with Gasteiger partial charge in [-0.05, 0) is 56.3 Å². The molecule has 0 saturated carbocycles. The zero-order valence-electron chi connectivity index (χ0n) is 14.7. The molecule has 1 aliphatic heterocycles. The lowest BCUT2D eigenvalue weighted by Gasteiger charge is -2.17. The first kappa shape index (κ1) is 15.9. The fraction of sp³-hybridized carbons (Fsp3) is 0.368. The minimum absolute atomic E-state index is 0.683. The Hall–Kier alpha value is -2.60. The fourth-order valence-electron chi connectivity index (χ4n) is 3.15. The van der Waals surface area contributed by atoms with Gasteiger partial charge < -0.3 is 15.0 Å². The molecule has 0 unspecified atom stereocenters. The molecule has 0 radical (unpaired) electrons. The molecule has 0 atom stereocenters. The van der Waals surface area contributed by atoms with Gasteiger partial charge in [-0.15, -0.1) is 0 Å². The van der Waals surface area contributed by atoms with Crippen LogP contribution in [-0.2, 0) is 0 Å². The van der Waals surface area contributed by atoms with Crippen molar-refractivity contribution in [1.82, 2.24) is 19.5 Å². The molecule has 1 aliphatic rings. The molecule has 1 aromatic carbocycles. The number of hydrogen-bond acceptors (Lipinski definition) is 5. The highest BCUT2D eigenvalue weighted by Crippen LogP contribution is 2.29. The predicted molar refractivity (Wildman–Crippen MR) is 99.3 cm³/mol. The molecule has 3 aromatic rings. The summed E-state index contributed by atoms with van der Waals surface area (Å²) in [6.07, 6.45) is 4.88. The van der Waals surface area contributed by atoms with Crippen LogP contribution in [0.25, 0.3) is 16.8 Å². The van der Waals surface area contributed by atoms with E-state index in [4.69, 9.17) is 9.72 Å². The minimum atomic E-state index is 0.683. The van der Waals surface area contributed by atoms with Crippen LogP contribution in [0.5, 0.6) is 5.75 Å². The predicted octanol–water partition coefficient (Wildman–Crippen LogP) is 2.83. The number of anilines is 1. The molecule has 4 bridgehead atoms. The molecule has 0 amide bonds. The number of aryl methyl sites for hydroxylation is 1. The van der Waals surface area contributed by atoms with Gasteiger partial charge in [0.2, 0.25) is 0 Å². The number of aromatic nitrogens is 3. The van der Waals surface area contributed by atoms with E-state index in [9.17, 15) is 0 Å². The van der Waals surface area contributed by atoms with Crippen molar-refractivity contribution in [3.63, 3.8) is 0 Å². The highest BCUT2D eigenvalue weighted by atomic mass is 16.5. The van der Waals surface area contributed by atoms with Gasteiger partial charge in [-0.25, -0.2) is 9.50 Å². The number of likely N-dealkylation sites (N-methyl/N-ethyl adjacent to an activating group) is 1. The van der Waals surface area contributed by atoms with Crippen molar-refractivity contribution in [2.75, 3.05) is 38.6 Å². The molecule has 1 N–H and O–H groups in total. The number of rotatable bonds is 0. The van der Waals surface area contributed by atoms with Gasteiger partial charge in [0.1, 0.15) is 18.2 Å². The summed E-state index contributed by atoms with van der Waals surface area (Å²) < 4.78 is 7.81. The maximum atomic E-state index is 6.00. The number of hydrogen-bond donors (Lipinski definition) is 1. The smallest absolute Gasteiger partial charge is 0.165 e. The zero-order chi connectivity index (χ0) is 17.2. The van der Waals surface area contributed by atoms with Crippen LogP contribution in [0.2, 0.25) is 0 Å². The van der Waals surface area contributed by atoms with Crippen molar-refractivity contribution in [1.29, 1.82) is 0 Å². The third kappa shape index (κ3) is 3.44. The fourth-order valence-corrected chi connectivity index (χ4v) is 3.15. The monoisotopic (exact) mass is 337 g/mol. The van der Waals surface area contributed by atoms with Gasteiger partial charge in [0.05, 0.1) is 6.20 Å². The molecule has 2 aromatic heterocycles. The van der Waals surface area contributed by atoms with Crippen LogP contribution < -0.4 is 10.1 Å². The standard InChI is InChI=1S/C19H23N5O/c1-14-10-15-12-16(11-14)25-9-8-23(2)6-3-5-20-18-4-7-24-19(22-18)17(15)13-21-24/h4,7,10-13H,3,5-6,8-9H2,1-2H3,(H,20,22). The molecule has 0 fully saturated rings. The lowest BCUT2D eigenvalue weighted by Crippen LogP contribution is -2.26. The van der Waals surface area contributed by atoms with Crippen LogP contribution in [0, 0.1) is 6.92 Å². The number of nitrogens with one attached hydrogen (secondary N) is 1. The van der Waals surface area contributed by atoms with Crippen LogP contribution >= 0.6 is 0 Å². The maximum Gasteiger partial charge on any atom is 0.165 e. The molecule has 0 saturated heterocycles. The van der Waals surface area contributed by atoms with Crippen molar-refractivity contribution in [2.45, 2.75) is 13.3 Å². The molecule has 6 nitrogen and oxygen atoms in total. The van der Waals surface area contributed by atoms with Crippen molar-refractivity contribution < 1.29 is 4.74 Å². The second-order valence-electron chi connectivity index (χ2n) is 6.61. The first-order chi connectivity index (χ1) is 12.2. The quantitative estimate of drug-likeness (QED) is 0.684. The molecule has 3 heterocycles. The average Bonchev–Trinajstić information content (AvgIpc) is 3.01. The summed E-state index contributed by atoms with van der Waals surface area (Å²) in [4.78, 5) is 7.06. The van der Waals surface area contributed by atoms with Gasteiger partial charge >= 0.3 is 0 Å². The number of benzene rings is 1. The van der Waals surface area contributed by atoms with Crippen molar-refractivity contribution >= 4 is 11.5 Å². The van der Waals surface area contributed by atoms with Crippen LogP contribution in [0.4, 0.5) is 5.82 Å². The van der Waals surface area contributed by atoms with E-state index in [1.807, 2.05) is 23.0 Å². The summed E-state index contributed by atoms with van der Waals surface area (Å²) in [5, 5.41) is 7.85. The third-order valence-corrected chi connectivity index (χ3v) is 4.50. The Morgan fingerprint density at radius 3 is 3.04 bits per heavy atom. The Labute approximate surface area is 147 Å². The first-order valence-electron chi connectivity index (χ1n) is 8.71. The number of nitrogens with zero attached hydrogens (tertiary/aromatic N) is 4. The van der Waals surface area contributed by atoms with Crippen LogP contribution in [0.15, 0.2) is 36.7 Å². The van der Waals surface area contributed by atoms with Gasteiger partial charge in [-0.1, -0.05) is 6.07 Å². The molecule has 130 valence electrons. The summed E-state index contributed by atoms with van der Waals surface area (Å²) in [6.45, 7) is 5.60. The van der Waals surface area contributed by atoms with Crippen molar-refractivity contribution in [2.24, 2.45) is 0 Å².